The van der Waals surface area contributed by atoms with Crippen molar-refractivity contribution < 1.29 is 9.18 Å². The molecule has 1 aliphatic heterocycles. The molecule has 0 radical (unpaired) electrons. The number of anilines is 1. The number of para-hydroxylation sites is 1. The zero-order valence-corrected chi connectivity index (χ0v) is 19.1. The molecule has 1 heterocycles. The Morgan fingerprint density at radius 3 is 2.44 bits per heavy atom. The minimum atomic E-state index is -0.278. The number of amides is 1. The molecule has 0 saturated carbocycles. The summed E-state index contributed by atoms with van der Waals surface area (Å²) in [5.41, 5.74) is 3.96. The summed E-state index contributed by atoms with van der Waals surface area (Å²) in [5, 5.41) is 6.90. The maximum atomic E-state index is 14.5. The molecule has 7 heteroatoms. The summed E-state index contributed by atoms with van der Waals surface area (Å²) in [7, 11) is 1.95. The van der Waals surface area contributed by atoms with Gasteiger partial charge in [-0.1, -0.05) is 66.2 Å². The number of halogens is 3. The second-order valence-electron chi connectivity index (χ2n) is 7.42. The predicted molar refractivity (Wildman–Crippen MR) is 131 cm³/mol. The van der Waals surface area contributed by atoms with Crippen molar-refractivity contribution in [3.63, 3.8) is 0 Å². The van der Waals surface area contributed by atoms with Crippen LogP contribution >= 0.6 is 24.0 Å². The van der Waals surface area contributed by atoms with Crippen molar-refractivity contribution in [2.75, 3.05) is 18.5 Å². The van der Waals surface area contributed by atoms with Crippen LogP contribution in [0.3, 0.4) is 0 Å². The number of hydrogen-bond acceptors (Lipinski definition) is 3. The van der Waals surface area contributed by atoms with Gasteiger partial charge in [-0.25, -0.2) is 4.39 Å². The Balaban J connectivity index is 0.00000289. The number of benzene rings is 3. The molecule has 4 rings (SSSR count). The maximum absolute atomic E-state index is 14.5. The zero-order valence-electron chi connectivity index (χ0n) is 17.5. The summed E-state index contributed by atoms with van der Waals surface area (Å²) in [6, 6.07) is 21.9. The lowest BCUT2D eigenvalue weighted by atomic mass is 9.97. The van der Waals surface area contributed by atoms with Gasteiger partial charge in [-0.15, -0.1) is 12.4 Å². The minimum absolute atomic E-state index is 0. The van der Waals surface area contributed by atoms with Crippen LogP contribution in [0.15, 0.2) is 79.0 Å². The van der Waals surface area contributed by atoms with Crippen LogP contribution in [0.5, 0.6) is 0 Å². The SMILES string of the molecule is CN1c2ccccc2C(c2ccccc2F)=CNC1CNC(=O)Cc1ccccc1Cl.Cl. The maximum Gasteiger partial charge on any atom is 0.224 e. The normalized spacial score (nSPS) is 14.9. The molecule has 0 aromatic heterocycles. The van der Waals surface area contributed by atoms with Crippen LogP contribution in [0.4, 0.5) is 10.1 Å². The summed E-state index contributed by atoms with van der Waals surface area (Å²) < 4.78 is 14.5. The van der Waals surface area contributed by atoms with E-state index in [1.807, 2.05) is 61.8 Å². The Hall–Kier alpha value is -3.02. The fourth-order valence-corrected chi connectivity index (χ4v) is 3.93. The van der Waals surface area contributed by atoms with Gasteiger partial charge >= 0.3 is 0 Å². The summed E-state index contributed by atoms with van der Waals surface area (Å²) in [6.45, 7) is 0.370. The van der Waals surface area contributed by atoms with Gasteiger partial charge < -0.3 is 15.5 Å². The Kier molecular flexibility index (Phi) is 7.78. The number of nitrogens with zero attached hydrogens (tertiary/aromatic N) is 1. The van der Waals surface area contributed by atoms with Crippen molar-refractivity contribution >= 4 is 41.2 Å². The second kappa shape index (κ2) is 10.5. The quantitative estimate of drug-likeness (QED) is 0.549. The number of carbonyl (C=O) groups is 1. The molecule has 1 atom stereocenters. The highest BCUT2D eigenvalue weighted by Crippen LogP contribution is 2.34. The molecule has 0 saturated heterocycles. The van der Waals surface area contributed by atoms with E-state index in [0.29, 0.717) is 17.1 Å². The molecule has 3 aromatic carbocycles. The number of fused-ring (bicyclic) bond motifs is 1. The number of likely N-dealkylation sites (N-methyl/N-ethyl adjacent to an activating group) is 1. The summed E-state index contributed by atoms with van der Waals surface area (Å²) >= 11 is 6.17. The first kappa shape index (κ1) is 23.6. The van der Waals surface area contributed by atoms with E-state index in [1.165, 1.54) is 6.07 Å². The number of rotatable bonds is 5. The third kappa shape index (κ3) is 5.06. The molecular weight excluding hydrogens is 448 g/mol. The summed E-state index contributed by atoms with van der Waals surface area (Å²) in [4.78, 5) is 14.5. The average molecular weight is 472 g/mol. The average Bonchev–Trinajstić information content (AvgIpc) is 2.91. The Bertz CT molecular complexity index is 1140. The van der Waals surface area contributed by atoms with Crippen molar-refractivity contribution in [3.05, 3.63) is 107 Å². The van der Waals surface area contributed by atoms with Gasteiger partial charge in [-0.05, 0) is 23.8 Å². The first-order valence-electron chi connectivity index (χ1n) is 10.1. The van der Waals surface area contributed by atoms with E-state index in [0.717, 1.165) is 22.4 Å². The molecule has 166 valence electrons. The van der Waals surface area contributed by atoms with Gasteiger partial charge in [0.05, 0.1) is 13.0 Å². The fraction of sp³-hybridized carbons (Fsp3) is 0.160. The van der Waals surface area contributed by atoms with Crippen LogP contribution in [-0.2, 0) is 11.2 Å². The van der Waals surface area contributed by atoms with Crippen LogP contribution in [0, 0.1) is 5.82 Å². The first-order chi connectivity index (χ1) is 15.0. The van der Waals surface area contributed by atoms with Crippen LogP contribution in [0.1, 0.15) is 16.7 Å². The van der Waals surface area contributed by atoms with Gasteiger partial charge in [0.2, 0.25) is 5.91 Å². The van der Waals surface area contributed by atoms with Gasteiger partial charge in [0, 0.05) is 40.7 Å². The highest BCUT2D eigenvalue weighted by atomic mass is 35.5. The molecule has 1 aliphatic rings. The monoisotopic (exact) mass is 471 g/mol. The molecule has 1 amide bonds. The lowest BCUT2D eigenvalue weighted by molar-refractivity contribution is -0.120. The molecule has 2 N–H and O–H groups in total. The molecule has 1 unspecified atom stereocenters. The molecule has 0 spiro atoms. The van der Waals surface area contributed by atoms with Gasteiger partial charge in [0.15, 0.2) is 0 Å². The molecule has 3 aromatic rings. The minimum Gasteiger partial charge on any atom is -0.369 e. The van der Waals surface area contributed by atoms with E-state index >= 15 is 0 Å². The standard InChI is InChI=1S/C25H23ClFN3O.ClH/c1-30-23-13-7-4-10-19(23)20(18-9-3-6-12-22(18)27)15-28-24(30)16-29-25(31)14-17-8-2-5-11-21(17)26;/h2-13,15,24,28H,14,16H2,1H3,(H,29,31);1H. The third-order valence-electron chi connectivity index (χ3n) is 5.43. The van der Waals surface area contributed by atoms with Crippen LogP contribution in [-0.4, -0.2) is 25.7 Å². The smallest absolute Gasteiger partial charge is 0.224 e. The molecule has 4 nitrogen and oxygen atoms in total. The van der Waals surface area contributed by atoms with E-state index in [4.69, 9.17) is 11.6 Å². The number of carbonyl (C=O) groups excluding carboxylic acids is 1. The van der Waals surface area contributed by atoms with E-state index in [-0.39, 0.29) is 36.7 Å². The van der Waals surface area contributed by atoms with Crippen molar-refractivity contribution in [2.24, 2.45) is 0 Å². The largest absolute Gasteiger partial charge is 0.369 e. The zero-order chi connectivity index (χ0) is 21.8. The molecule has 0 bridgehead atoms. The van der Waals surface area contributed by atoms with E-state index in [1.54, 1.807) is 18.2 Å². The Morgan fingerprint density at radius 2 is 1.69 bits per heavy atom. The van der Waals surface area contributed by atoms with Crippen molar-refractivity contribution in [3.8, 4) is 0 Å². The second-order valence-corrected chi connectivity index (χ2v) is 7.83. The van der Waals surface area contributed by atoms with Gasteiger partial charge in [0.25, 0.3) is 0 Å². The Morgan fingerprint density at radius 1 is 1.03 bits per heavy atom. The lowest BCUT2D eigenvalue weighted by Crippen LogP contribution is -2.49. The summed E-state index contributed by atoms with van der Waals surface area (Å²) in [5.74, 6) is -0.390. The molecule has 0 fully saturated rings. The first-order valence-corrected chi connectivity index (χ1v) is 10.5. The van der Waals surface area contributed by atoms with E-state index < -0.39 is 0 Å². The van der Waals surface area contributed by atoms with Gasteiger partial charge in [0.1, 0.15) is 12.0 Å². The molecule has 32 heavy (non-hydrogen) atoms. The van der Waals surface area contributed by atoms with Crippen LogP contribution < -0.4 is 15.5 Å². The molecular formula is C25H24Cl2FN3O. The number of hydrogen-bond donors (Lipinski definition) is 2. The number of nitrogens with one attached hydrogen (secondary N) is 2. The Labute approximate surface area is 198 Å². The van der Waals surface area contributed by atoms with Crippen LogP contribution in [0.25, 0.3) is 5.57 Å². The highest BCUT2D eigenvalue weighted by molar-refractivity contribution is 6.31. The van der Waals surface area contributed by atoms with Crippen molar-refractivity contribution in [2.45, 2.75) is 12.6 Å². The van der Waals surface area contributed by atoms with Crippen LogP contribution in [0.2, 0.25) is 5.02 Å². The predicted octanol–water partition coefficient (Wildman–Crippen LogP) is 5.01. The summed E-state index contributed by atoms with van der Waals surface area (Å²) in [6.07, 6.45) is 1.83. The van der Waals surface area contributed by atoms with Gasteiger partial charge in [-0.2, -0.15) is 0 Å². The van der Waals surface area contributed by atoms with E-state index in [9.17, 15) is 9.18 Å². The lowest BCUT2D eigenvalue weighted by Gasteiger charge is -2.30. The fourth-order valence-electron chi connectivity index (χ4n) is 3.73. The van der Waals surface area contributed by atoms with Crippen molar-refractivity contribution in [1.82, 2.24) is 10.6 Å². The van der Waals surface area contributed by atoms with Gasteiger partial charge in [-0.3, -0.25) is 4.79 Å². The third-order valence-corrected chi connectivity index (χ3v) is 5.80. The molecule has 0 aliphatic carbocycles. The topological polar surface area (TPSA) is 44.4 Å². The van der Waals surface area contributed by atoms with E-state index in [2.05, 4.69) is 15.5 Å². The van der Waals surface area contributed by atoms with Crippen molar-refractivity contribution in [1.29, 1.82) is 0 Å². The highest BCUT2D eigenvalue weighted by Gasteiger charge is 2.24.